The second kappa shape index (κ2) is 11.1. The highest BCUT2D eigenvalue weighted by molar-refractivity contribution is 6.00. The zero-order valence-electron chi connectivity index (χ0n) is 19.5. The maximum absolute atomic E-state index is 12.8. The highest BCUT2D eigenvalue weighted by Gasteiger charge is 2.31. The Morgan fingerprint density at radius 2 is 1.76 bits per heavy atom. The van der Waals surface area contributed by atoms with Gasteiger partial charge >= 0.3 is 5.69 Å². The number of ether oxygens (including phenoxy) is 2. The van der Waals surface area contributed by atoms with Crippen LogP contribution in [0.2, 0.25) is 0 Å². The largest absolute Gasteiger partial charge is 0.379 e. The maximum atomic E-state index is 12.8. The maximum Gasteiger partial charge on any atom is 0.329 e. The molecule has 1 aliphatic carbocycles. The number of imide groups is 1. The number of benzene rings is 1. The Labute approximate surface area is 194 Å². The van der Waals surface area contributed by atoms with Crippen molar-refractivity contribution >= 4 is 22.8 Å². The number of aryl methyl sites for hydroxylation is 2. The molecular weight excluding hydrogens is 422 g/mol. The Balaban J connectivity index is 1.25. The highest BCUT2D eigenvalue weighted by atomic mass is 16.5. The molecule has 1 aromatic heterocycles. The highest BCUT2D eigenvalue weighted by Crippen LogP contribution is 2.25. The number of hydrogen-bond acceptors (Lipinski definition) is 5. The van der Waals surface area contributed by atoms with E-state index in [1.165, 1.54) is 36.7 Å². The first-order valence-electron chi connectivity index (χ1n) is 12.2. The molecule has 1 saturated heterocycles. The molecule has 1 atom stereocenters. The lowest BCUT2D eigenvalue weighted by molar-refractivity contribution is -0.135. The molecule has 1 aromatic carbocycles. The van der Waals surface area contributed by atoms with Gasteiger partial charge in [0.25, 0.3) is 0 Å². The molecule has 33 heavy (non-hydrogen) atoms. The van der Waals surface area contributed by atoms with Crippen molar-refractivity contribution < 1.29 is 19.1 Å². The van der Waals surface area contributed by atoms with Gasteiger partial charge in [-0.15, -0.1) is 0 Å². The third kappa shape index (κ3) is 5.73. The summed E-state index contributed by atoms with van der Waals surface area (Å²) in [5.41, 5.74) is 2.38. The first-order chi connectivity index (χ1) is 16.0. The normalized spacial score (nSPS) is 19.8. The van der Waals surface area contributed by atoms with Crippen LogP contribution in [-0.2, 0) is 32.5 Å². The van der Waals surface area contributed by atoms with Gasteiger partial charge in [0.2, 0.25) is 11.8 Å². The van der Waals surface area contributed by atoms with E-state index in [-0.39, 0.29) is 18.0 Å². The summed E-state index contributed by atoms with van der Waals surface area (Å²) in [7, 11) is 1.72. The molecule has 4 rings (SSSR count). The lowest BCUT2D eigenvalue weighted by Crippen LogP contribution is -2.44. The standard InChI is InChI=1S/C25H35N3O5/c1-27-22-16-18(8-5-13-32-14-15-33-17-19-6-3-2-4-7-19)9-10-20(22)28(25(27)31)21-11-12-23(29)26-24(21)30/h9-10,16,19,21H,2-8,11-15,17H2,1H3,(H,26,29,30). The van der Waals surface area contributed by atoms with Crippen LogP contribution in [0, 0.1) is 5.92 Å². The summed E-state index contributed by atoms with van der Waals surface area (Å²) in [5.74, 6) is 0.0316. The van der Waals surface area contributed by atoms with Crippen molar-refractivity contribution in [1.29, 1.82) is 0 Å². The molecule has 1 aliphatic heterocycles. The van der Waals surface area contributed by atoms with Gasteiger partial charge in [0.1, 0.15) is 6.04 Å². The third-order valence-corrected chi connectivity index (χ3v) is 6.88. The summed E-state index contributed by atoms with van der Waals surface area (Å²) in [4.78, 5) is 36.6. The molecular formula is C25H35N3O5. The summed E-state index contributed by atoms with van der Waals surface area (Å²) in [6.45, 7) is 2.80. The predicted molar refractivity (Wildman–Crippen MR) is 125 cm³/mol. The number of aromatic nitrogens is 2. The second-order valence-electron chi connectivity index (χ2n) is 9.30. The van der Waals surface area contributed by atoms with Crippen molar-refractivity contribution in [2.24, 2.45) is 13.0 Å². The van der Waals surface area contributed by atoms with E-state index in [4.69, 9.17) is 9.47 Å². The zero-order valence-corrected chi connectivity index (χ0v) is 19.5. The van der Waals surface area contributed by atoms with E-state index in [0.717, 1.165) is 36.4 Å². The monoisotopic (exact) mass is 457 g/mol. The Morgan fingerprint density at radius 3 is 2.55 bits per heavy atom. The number of carbonyl (C=O) groups is 2. The summed E-state index contributed by atoms with van der Waals surface area (Å²) in [6, 6.07) is 5.25. The van der Waals surface area contributed by atoms with Gasteiger partial charge in [-0.1, -0.05) is 25.3 Å². The number of piperidine rings is 1. The number of hydrogen-bond donors (Lipinski definition) is 1. The molecule has 0 radical (unpaired) electrons. The quantitative estimate of drug-likeness (QED) is 0.438. The minimum absolute atomic E-state index is 0.239. The van der Waals surface area contributed by atoms with Crippen LogP contribution in [-0.4, -0.2) is 47.4 Å². The molecule has 8 heteroatoms. The number of nitrogens with one attached hydrogen (secondary N) is 1. The van der Waals surface area contributed by atoms with Crippen LogP contribution < -0.4 is 11.0 Å². The van der Waals surface area contributed by atoms with Gasteiger partial charge in [-0.2, -0.15) is 0 Å². The van der Waals surface area contributed by atoms with E-state index in [9.17, 15) is 14.4 Å². The number of rotatable bonds is 10. The molecule has 2 amide bonds. The van der Waals surface area contributed by atoms with Crippen LogP contribution in [0.5, 0.6) is 0 Å². The molecule has 2 aliphatic rings. The molecule has 1 N–H and O–H groups in total. The van der Waals surface area contributed by atoms with Crippen molar-refractivity contribution in [2.75, 3.05) is 26.4 Å². The number of nitrogens with zero attached hydrogens (tertiary/aromatic N) is 2. The average Bonchev–Trinajstić information content (AvgIpc) is 3.06. The number of imidazole rings is 1. The van der Waals surface area contributed by atoms with Crippen molar-refractivity contribution in [3.05, 3.63) is 34.2 Å². The van der Waals surface area contributed by atoms with Crippen molar-refractivity contribution in [2.45, 2.75) is 63.8 Å². The van der Waals surface area contributed by atoms with Crippen LogP contribution in [0.3, 0.4) is 0 Å². The van der Waals surface area contributed by atoms with E-state index >= 15 is 0 Å². The minimum atomic E-state index is -0.654. The second-order valence-corrected chi connectivity index (χ2v) is 9.30. The molecule has 0 bridgehead atoms. The van der Waals surface area contributed by atoms with E-state index in [0.29, 0.717) is 31.8 Å². The number of carbonyl (C=O) groups excluding carboxylic acids is 2. The lowest BCUT2D eigenvalue weighted by Gasteiger charge is -2.21. The number of amides is 2. The molecule has 2 heterocycles. The van der Waals surface area contributed by atoms with Gasteiger partial charge in [0, 0.05) is 26.7 Å². The Hall–Kier alpha value is -2.45. The van der Waals surface area contributed by atoms with E-state index < -0.39 is 11.9 Å². The van der Waals surface area contributed by atoms with Gasteiger partial charge < -0.3 is 9.47 Å². The SMILES string of the molecule is Cn1c(=O)n(C2CCC(=O)NC2=O)c2ccc(CCCOCCOCC3CCCCC3)cc21. The molecule has 2 aromatic rings. The lowest BCUT2D eigenvalue weighted by atomic mass is 9.90. The molecule has 1 unspecified atom stereocenters. The van der Waals surface area contributed by atoms with Crippen LogP contribution in [0.25, 0.3) is 11.0 Å². The fraction of sp³-hybridized carbons (Fsp3) is 0.640. The van der Waals surface area contributed by atoms with E-state index in [2.05, 4.69) is 5.32 Å². The smallest absolute Gasteiger partial charge is 0.329 e. The summed E-state index contributed by atoms with van der Waals surface area (Å²) in [5, 5.41) is 2.34. The Kier molecular flexibility index (Phi) is 7.98. The van der Waals surface area contributed by atoms with Gasteiger partial charge in [0.15, 0.2) is 0 Å². The molecule has 180 valence electrons. The Morgan fingerprint density at radius 1 is 0.970 bits per heavy atom. The van der Waals surface area contributed by atoms with Crippen LogP contribution in [0.15, 0.2) is 23.0 Å². The van der Waals surface area contributed by atoms with E-state index in [1.54, 1.807) is 11.6 Å². The zero-order chi connectivity index (χ0) is 23.2. The van der Waals surface area contributed by atoms with Crippen LogP contribution >= 0.6 is 0 Å². The minimum Gasteiger partial charge on any atom is -0.379 e. The van der Waals surface area contributed by atoms with Crippen LogP contribution in [0.4, 0.5) is 0 Å². The topological polar surface area (TPSA) is 91.6 Å². The van der Waals surface area contributed by atoms with Gasteiger partial charge in [-0.3, -0.25) is 24.0 Å². The molecule has 2 fully saturated rings. The number of fused-ring (bicyclic) bond motifs is 1. The molecule has 0 spiro atoms. The fourth-order valence-electron chi connectivity index (χ4n) is 5.00. The van der Waals surface area contributed by atoms with Gasteiger partial charge in [0.05, 0.1) is 24.2 Å². The molecule has 8 nitrogen and oxygen atoms in total. The predicted octanol–water partition coefficient (Wildman–Crippen LogP) is 2.86. The summed E-state index contributed by atoms with van der Waals surface area (Å²) < 4.78 is 14.6. The Bertz CT molecular complexity index is 1030. The average molecular weight is 458 g/mol. The van der Waals surface area contributed by atoms with Gasteiger partial charge in [-0.05, 0) is 55.7 Å². The van der Waals surface area contributed by atoms with Crippen molar-refractivity contribution in [3.63, 3.8) is 0 Å². The fourth-order valence-corrected chi connectivity index (χ4v) is 5.00. The van der Waals surface area contributed by atoms with Crippen molar-refractivity contribution in [1.82, 2.24) is 14.5 Å². The first-order valence-corrected chi connectivity index (χ1v) is 12.2. The summed E-state index contributed by atoms with van der Waals surface area (Å²) >= 11 is 0. The van der Waals surface area contributed by atoms with Gasteiger partial charge in [-0.25, -0.2) is 4.79 Å². The van der Waals surface area contributed by atoms with Crippen LogP contribution in [0.1, 0.15) is 63.0 Å². The van der Waals surface area contributed by atoms with Crippen molar-refractivity contribution in [3.8, 4) is 0 Å². The molecule has 1 saturated carbocycles. The van der Waals surface area contributed by atoms with E-state index in [1.807, 2.05) is 18.2 Å². The first kappa shape index (κ1) is 23.7. The summed E-state index contributed by atoms with van der Waals surface area (Å²) in [6.07, 6.45) is 8.96. The third-order valence-electron chi connectivity index (χ3n) is 6.88.